The molecule has 0 atom stereocenters. The molecule has 6 heteroatoms. The van der Waals surface area contributed by atoms with Gasteiger partial charge < -0.3 is 5.11 Å². The van der Waals surface area contributed by atoms with Crippen LogP contribution in [0.3, 0.4) is 0 Å². The number of carboxylic acids is 1. The molecule has 2 aromatic rings. The molecule has 0 amide bonds. The van der Waals surface area contributed by atoms with E-state index in [0.29, 0.717) is 10.7 Å². The van der Waals surface area contributed by atoms with Gasteiger partial charge in [0.25, 0.3) is 5.56 Å². The van der Waals surface area contributed by atoms with E-state index in [1.54, 1.807) is 18.2 Å². The van der Waals surface area contributed by atoms with Gasteiger partial charge in [-0.05, 0) is 24.3 Å². The van der Waals surface area contributed by atoms with Crippen LogP contribution in [0.15, 0.2) is 41.3 Å². The van der Waals surface area contributed by atoms with Crippen LogP contribution in [0.4, 0.5) is 0 Å². The predicted octanol–water partition coefficient (Wildman–Crippen LogP) is 1.58. The lowest BCUT2D eigenvalue weighted by molar-refractivity contribution is 0.0694. The van der Waals surface area contributed by atoms with Crippen LogP contribution in [0.5, 0.6) is 0 Å². The molecular weight excluding hydrogens is 244 g/mol. The van der Waals surface area contributed by atoms with E-state index in [1.807, 2.05) is 0 Å². The van der Waals surface area contributed by atoms with E-state index in [-0.39, 0.29) is 5.56 Å². The summed E-state index contributed by atoms with van der Waals surface area (Å²) in [5.41, 5.74) is -0.604. The number of rotatable bonds is 2. The molecule has 86 valence electrons. The van der Waals surface area contributed by atoms with Crippen molar-refractivity contribution >= 4 is 17.6 Å². The number of nitrogens with zero attached hydrogens (tertiary/aromatic N) is 2. The number of hydrogen-bond acceptors (Lipinski definition) is 3. The highest BCUT2D eigenvalue weighted by Gasteiger charge is 2.12. The summed E-state index contributed by atoms with van der Waals surface area (Å²) in [4.78, 5) is 22.6. The first-order valence-electron chi connectivity index (χ1n) is 4.67. The molecular formula is C11H7ClN2O3. The average Bonchev–Trinajstić information content (AvgIpc) is 2.29. The van der Waals surface area contributed by atoms with Gasteiger partial charge in [-0.25, -0.2) is 4.79 Å². The van der Waals surface area contributed by atoms with Crippen molar-refractivity contribution in [3.63, 3.8) is 0 Å². The van der Waals surface area contributed by atoms with Gasteiger partial charge in [0, 0.05) is 11.2 Å². The van der Waals surface area contributed by atoms with E-state index in [1.165, 1.54) is 12.3 Å². The number of carbonyl (C=O) groups is 1. The Balaban J connectivity index is 2.65. The summed E-state index contributed by atoms with van der Waals surface area (Å²) < 4.78 is 0.995. The monoisotopic (exact) mass is 250 g/mol. The summed E-state index contributed by atoms with van der Waals surface area (Å²) in [5.74, 6) is -1.28. The van der Waals surface area contributed by atoms with Crippen molar-refractivity contribution in [3.8, 4) is 5.69 Å². The third-order valence-corrected chi connectivity index (χ3v) is 2.36. The molecule has 17 heavy (non-hydrogen) atoms. The van der Waals surface area contributed by atoms with Gasteiger partial charge in [-0.1, -0.05) is 17.7 Å². The molecule has 0 fully saturated rings. The number of hydrogen-bond donors (Lipinski definition) is 1. The van der Waals surface area contributed by atoms with Gasteiger partial charge in [0.05, 0.1) is 5.69 Å². The molecule has 0 saturated carbocycles. The Morgan fingerprint density at radius 1 is 1.35 bits per heavy atom. The largest absolute Gasteiger partial charge is 0.477 e. The molecule has 0 saturated heterocycles. The number of halogens is 1. The van der Waals surface area contributed by atoms with Crippen LogP contribution in [-0.2, 0) is 0 Å². The maximum absolute atomic E-state index is 11.8. The average molecular weight is 251 g/mol. The molecule has 0 aliphatic rings. The second-order valence-electron chi connectivity index (χ2n) is 3.25. The summed E-state index contributed by atoms with van der Waals surface area (Å²) in [6.45, 7) is 0. The fourth-order valence-corrected chi connectivity index (χ4v) is 1.55. The van der Waals surface area contributed by atoms with Crippen LogP contribution in [0, 0.1) is 0 Å². The quantitative estimate of drug-likeness (QED) is 0.878. The molecule has 1 heterocycles. The first-order chi connectivity index (χ1) is 8.09. The van der Waals surface area contributed by atoms with Crippen molar-refractivity contribution < 1.29 is 9.90 Å². The van der Waals surface area contributed by atoms with Gasteiger partial charge in [-0.2, -0.15) is 9.78 Å². The lowest BCUT2D eigenvalue weighted by Crippen LogP contribution is -2.26. The Morgan fingerprint density at radius 2 is 2.12 bits per heavy atom. The summed E-state index contributed by atoms with van der Waals surface area (Å²) >= 11 is 5.79. The highest BCUT2D eigenvalue weighted by Crippen LogP contribution is 2.12. The van der Waals surface area contributed by atoms with Crippen molar-refractivity contribution in [1.82, 2.24) is 9.78 Å². The van der Waals surface area contributed by atoms with Crippen molar-refractivity contribution in [3.05, 3.63) is 57.5 Å². The SMILES string of the molecule is O=C(O)c1ccnn(-c2cccc(Cl)c2)c1=O. The molecule has 2 rings (SSSR count). The summed E-state index contributed by atoms with van der Waals surface area (Å²) in [6.07, 6.45) is 1.26. The second-order valence-corrected chi connectivity index (χ2v) is 3.68. The molecule has 5 nitrogen and oxygen atoms in total. The van der Waals surface area contributed by atoms with Crippen molar-refractivity contribution in [2.45, 2.75) is 0 Å². The standard InChI is InChI=1S/C11H7ClN2O3/c12-7-2-1-3-8(6-7)14-10(15)9(11(16)17)4-5-13-14/h1-6H,(H,16,17). The number of benzene rings is 1. The zero-order valence-corrected chi connectivity index (χ0v) is 9.26. The van der Waals surface area contributed by atoms with E-state index in [2.05, 4.69) is 5.10 Å². The fraction of sp³-hybridized carbons (Fsp3) is 0. The van der Waals surface area contributed by atoms with E-state index in [4.69, 9.17) is 16.7 Å². The summed E-state index contributed by atoms with van der Waals surface area (Å²) in [6, 6.07) is 7.61. The smallest absolute Gasteiger partial charge is 0.341 e. The van der Waals surface area contributed by atoms with Gasteiger partial charge in [0.2, 0.25) is 0 Å². The van der Waals surface area contributed by atoms with E-state index < -0.39 is 11.5 Å². The van der Waals surface area contributed by atoms with Gasteiger partial charge in [-0.3, -0.25) is 4.79 Å². The number of carboxylic acid groups (broad SMARTS) is 1. The molecule has 0 aliphatic carbocycles. The van der Waals surface area contributed by atoms with Crippen LogP contribution < -0.4 is 5.56 Å². The Labute approximate surface area is 101 Å². The first-order valence-corrected chi connectivity index (χ1v) is 5.05. The minimum atomic E-state index is -1.28. The first kappa shape index (κ1) is 11.3. The van der Waals surface area contributed by atoms with Crippen LogP contribution in [-0.4, -0.2) is 20.9 Å². The Morgan fingerprint density at radius 3 is 2.76 bits per heavy atom. The van der Waals surface area contributed by atoms with Gasteiger partial charge in [0.15, 0.2) is 0 Å². The van der Waals surface area contributed by atoms with Crippen LogP contribution in [0.1, 0.15) is 10.4 Å². The van der Waals surface area contributed by atoms with E-state index in [0.717, 1.165) is 10.7 Å². The third-order valence-electron chi connectivity index (χ3n) is 2.13. The molecule has 1 aromatic carbocycles. The maximum Gasteiger partial charge on any atom is 0.341 e. The molecule has 1 N–H and O–H groups in total. The normalized spacial score (nSPS) is 10.2. The Hall–Kier alpha value is -2.14. The molecule has 0 radical (unpaired) electrons. The van der Waals surface area contributed by atoms with Crippen molar-refractivity contribution in [1.29, 1.82) is 0 Å². The zero-order chi connectivity index (χ0) is 12.4. The van der Waals surface area contributed by atoms with Crippen molar-refractivity contribution in [2.24, 2.45) is 0 Å². The molecule has 0 spiro atoms. The fourth-order valence-electron chi connectivity index (χ4n) is 1.37. The molecule has 0 unspecified atom stereocenters. The topological polar surface area (TPSA) is 72.2 Å². The number of aromatic nitrogens is 2. The minimum Gasteiger partial charge on any atom is -0.477 e. The summed E-state index contributed by atoms with van der Waals surface area (Å²) in [7, 11) is 0. The minimum absolute atomic E-state index is 0.333. The van der Waals surface area contributed by atoms with Crippen LogP contribution in [0.25, 0.3) is 5.69 Å². The summed E-state index contributed by atoms with van der Waals surface area (Å²) in [5, 5.41) is 13.1. The highest BCUT2D eigenvalue weighted by atomic mass is 35.5. The van der Waals surface area contributed by atoms with Crippen LogP contribution in [0.2, 0.25) is 5.02 Å². The van der Waals surface area contributed by atoms with Crippen molar-refractivity contribution in [2.75, 3.05) is 0 Å². The Kier molecular flexibility index (Phi) is 2.93. The molecule has 0 bridgehead atoms. The van der Waals surface area contributed by atoms with Gasteiger partial charge >= 0.3 is 5.97 Å². The maximum atomic E-state index is 11.8. The van der Waals surface area contributed by atoms with Gasteiger partial charge in [-0.15, -0.1) is 0 Å². The lowest BCUT2D eigenvalue weighted by Gasteiger charge is -2.04. The van der Waals surface area contributed by atoms with Gasteiger partial charge in [0.1, 0.15) is 5.56 Å². The second kappa shape index (κ2) is 4.39. The predicted molar refractivity (Wildman–Crippen MR) is 61.8 cm³/mol. The van der Waals surface area contributed by atoms with Crippen LogP contribution >= 0.6 is 11.6 Å². The zero-order valence-electron chi connectivity index (χ0n) is 8.50. The molecule has 1 aromatic heterocycles. The Bertz CT molecular complexity index is 637. The highest BCUT2D eigenvalue weighted by molar-refractivity contribution is 6.30. The number of aromatic carboxylic acids is 1. The van der Waals surface area contributed by atoms with E-state index in [9.17, 15) is 9.59 Å². The lowest BCUT2D eigenvalue weighted by atomic mass is 10.3. The van der Waals surface area contributed by atoms with E-state index >= 15 is 0 Å². The molecule has 0 aliphatic heterocycles. The third kappa shape index (κ3) is 2.19.